The number of nitrogens with one attached hydrogen (secondary N) is 2. The molecule has 7 heteroatoms. The molecule has 1 amide bonds. The van der Waals surface area contributed by atoms with Gasteiger partial charge < -0.3 is 15.4 Å². The normalized spacial score (nSPS) is 16.5. The van der Waals surface area contributed by atoms with E-state index in [1.165, 1.54) is 12.1 Å². The molecule has 1 heterocycles. The molecule has 1 aromatic carbocycles. The van der Waals surface area contributed by atoms with Gasteiger partial charge in [0, 0.05) is 6.04 Å². The van der Waals surface area contributed by atoms with Crippen molar-refractivity contribution in [2.24, 2.45) is 0 Å². The van der Waals surface area contributed by atoms with Crippen LogP contribution in [0.1, 0.15) is 18.4 Å². The number of benzene rings is 1. The molecular formula is C14H17F3N2O2. The van der Waals surface area contributed by atoms with Crippen molar-refractivity contribution in [2.75, 3.05) is 19.7 Å². The summed E-state index contributed by atoms with van der Waals surface area (Å²) in [7, 11) is 0. The monoisotopic (exact) mass is 302 g/mol. The fourth-order valence-electron chi connectivity index (χ4n) is 2.12. The Morgan fingerprint density at radius 1 is 1.24 bits per heavy atom. The third-order valence-electron chi connectivity index (χ3n) is 3.26. The van der Waals surface area contributed by atoms with E-state index in [0.29, 0.717) is 0 Å². The Morgan fingerprint density at radius 2 is 1.86 bits per heavy atom. The highest BCUT2D eigenvalue weighted by Gasteiger charge is 2.30. The van der Waals surface area contributed by atoms with Crippen LogP contribution in [0.2, 0.25) is 0 Å². The van der Waals surface area contributed by atoms with E-state index in [4.69, 9.17) is 4.74 Å². The van der Waals surface area contributed by atoms with E-state index < -0.39 is 11.7 Å². The first-order valence-corrected chi connectivity index (χ1v) is 6.75. The van der Waals surface area contributed by atoms with Crippen LogP contribution in [0.5, 0.6) is 5.75 Å². The van der Waals surface area contributed by atoms with E-state index in [1.807, 2.05) is 0 Å². The summed E-state index contributed by atoms with van der Waals surface area (Å²) in [5.41, 5.74) is -0.742. The Kier molecular flexibility index (Phi) is 5.06. The van der Waals surface area contributed by atoms with E-state index >= 15 is 0 Å². The maximum Gasteiger partial charge on any atom is 0.416 e. The zero-order valence-corrected chi connectivity index (χ0v) is 11.4. The van der Waals surface area contributed by atoms with Gasteiger partial charge in [0.1, 0.15) is 5.75 Å². The predicted octanol–water partition coefficient (Wildman–Crippen LogP) is 1.95. The van der Waals surface area contributed by atoms with Crippen LogP contribution < -0.4 is 15.4 Å². The van der Waals surface area contributed by atoms with Gasteiger partial charge in [0.2, 0.25) is 0 Å². The van der Waals surface area contributed by atoms with Gasteiger partial charge in [-0.25, -0.2) is 0 Å². The molecule has 1 fully saturated rings. The van der Waals surface area contributed by atoms with Gasteiger partial charge in [0.25, 0.3) is 5.91 Å². The van der Waals surface area contributed by atoms with E-state index in [0.717, 1.165) is 38.1 Å². The van der Waals surface area contributed by atoms with E-state index in [9.17, 15) is 18.0 Å². The van der Waals surface area contributed by atoms with Crippen LogP contribution in [0.15, 0.2) is 24.3 Å². The molecular weight excluding hydrogens is 285 g/mol. The lowest BCUT2D eigenvalue weighted by atomic mass is 10.1. The van der Waals surface area contributed by atoms with Crippen molar-refractivity contribution in [1.29, 1.82) is 0 Å². The van der Waals surface area contributed by atoms with Crippen molar-refractivity contribution in [1.82, 2.24) is 10.6 Å². The number of alkyl halides is 3. The second-order valence-electron chi connectivity index (χ2n) is 4.90. The molecule has 116 valence electrons. The van der Waals surface area contributed by atoms with Gasteiger partial charge in [-0.1, -0.05) is 0 Å². The molecule has 0 bridgehead atoms. The van der Waals surface area contributed by atoms with Crippen molar-refractivity contribution >= 4 is 5.91 Å². The standard InChI is InChI=1S/C14H17F3N2O2/c15-14(16,17)10-1-3-12(4-2-10)21-9-13(20)19-11-5-7-18-8-6-11/h1-4,11,18H,5-9H2,(H,19,20). The number of rotatable bonds is 4. The number of amides is 1. The average Bonchev–Trinajstić information content (AvgIpc) is 2.46. The topological polar surface area (TPSA) is 50.4 Å². The van der Waals surface area contributed by atoms with Crippen molar-refractivity contribution in [3.05, 3.63) is 29.8 Å². The fraction of sp³-hybridized carbons (Fsp3) is 0.500. The van der Waals surface area contributed by atoms with Crippen molar-refractivity contribution < 1.29 is 22.7 Å². The average molecular weight is 302 g/mol. The fourth-order valence-corrected chi connectivity index (χ4v) is 2.12. The molecule has 0 aromatic heterocycles. The van der Waals surface area contributed by atoms with Crippen LogP contribution in [0, 0.1) is 0 Å². The Hall–Kier alpha value is -1.76. The molecule has 0 spiro atoms. The maximum absolute atomic E-state index is 12.4. The highest BCUT2D eigenvalue weighted by Crippen LogP contribution is 2.30. The molecule has 21 heavy (non-hydrogen) atoms. The Labute approximate surface area is 120 Å². The van der Waals surface area contributed by atoms with E-state index in [2.05, 4.69) is 10.6 Å². The second kappa shape index (κ2) is 6.80. The van der Waals surface area contributed by atoms with E-state index in [-0.39, 0.29) is 24.3 Å². The van der Waals surface area contributed by atoms with Crippen LogP contribution in [-0.2, 0) is 11.0 Å². The first-order valence-electron chi connectivity index (χ1n) is 6.75. The molecule has 1 saturated heterocycles. The molecule has 0 radical (unpaired) electrons. The summed E-state index contributed by atoms with van der Waals surface area (Å²) in [4.78, 5) is 11.7. The highest BCUT2D eigenvalue weighted by atomic mass is 19.4. The minimum atomic E-state index is -4.37. The Bertz CT molecular complexity index is 468. The van der Waals surface area contributed by atoms with Crippen LogP contribution in [0.4, 0.5) is 13.2 Å². The molecule has 2 N–H and O–H groups in total. The second-order valence-corrected chi connectivity index (χ2v) is 4.90. The highest BCUT2D eigenvalue weighted by molar-refractivity contribution is 5.77. The third-order valence-corrected chi connectivity index (χ3v) is 3.26. The minimum absolute atomic E-state index is 0.134. The lowest BCUT2D eigenvalue weighted by molar-refractivity contribution is -0.137. The summed E-state index contributed by atoms with van der Waals surface area (Å²) in [6.07, 6.45) is -2.64. The van der Waals surface area contributed by atoms with Crippen LogP contribution in [0.25, 0.3) is 0 Å². The zero-order valence-electron chi connectivity index (χ0n) is 11.4. The number of piperidine rings is 1. The smallest absolute Gasteiger partial charge is 0.416 e. The number of hydrogen-bond donors (Lipinski definition) is 2. The van der Waals surface area contributed by atoms with Crippen molar-refractivity contribution in [3.8, 4) is 5.75 Å². The number of halogens is 3. The predicted molar refractivity (Wildman–Crippen MR) is 71.0 cm³/mol. The summed E-state index contributed by atoms with van der Waals surface area (Å²) in [5.74, 6) is -0.0229. The van der Waals surface area contributed by atoms with Crippen molar-refractivity contribution in [3.63, 3.8) is 0 Å². The number of hydrogen-bond acceptors (Lipinski definition) is 3. The molecule has 0 aliphatic carbocycles. The van der Waals surface area contributed by atoms with Crippen LogP contribution >= 0.6 is 0 Å². The molecule has 0 saturated carbocycles. The molecule has 0 atom stereocenters. The van der Waals surface area contributed by atoms with Crippen LogP contribution in [0.3, 0.4) is 0 Å². The minimum Gasteiger partial charge on any atom is -0.484 e. The first kappa shape index (κ1) is 15.6. The van der Waals surface area contributed by atoms with Gasteiger partial charge in [-0.3, -0.25) is 4.79 Å². The number of carbonyl (C=O) groups excluding carboxylic acids is 1. The summed E-state index contributed by atoms with van der Waals surface area (Å²) in [5, 5.41) is 6.03. The SMILES string of the molecule is O=C(COc1ccc(C(F)(F)F)cc1)NC1CCNCC1. The lowest BCUT2D eigenvalue weighted by Crippen LogP contribution is -2.44. The lowest BCUT2D eigenvalue weighted by Gasteiger charge is -2.23. The van der Waals surface area contributed by atoms with Crippen LogP contribution in [-0.4, -0.2) is 31.6 Å². The number of carbonyl (C=O) groups is 1. The van der Waals surface area contributed by atoms with Gasteiger partial charge in [-0.05, 0) is 50.2 Å². The largest absolute Gasteiger partial charge is 0.484 e. The summed E-state index contributed by atoms with van der Waals surface area (Å²) in [6.45, 7) is 1.53. The Balaban J connectivity index is 1.78. The number of ether oxygens (including phenoxy) is 1. The van der Waals surface area contributed by atoms with Gasteiger partial charge in [-0.2, -0.15) is 13.2 Å². The third kappa shape index (κ3) is 4.93. The first-order chi connectivity index (χ1) is 9.95. The molecule has 0 unspecified atom stereocenters. The quantitative estimate of drug-likeness (QED) is 0.894. The summed E-state index contributed by atoms with van der Waals surface area (Å²) < 4.78 is 42.3. The summed E-state index contributed by atoms with van der Waals surface area (Å²) >= 11 is 0. The molecule has 4 nitrogen and oxygen atoms in total. The maximum atomic E-state index is 12.4. The molecule has 1 aliphatic heterocycles. The van der Waals surface area contributed by atoms with Gasteiger partial charge >= 0.3 is 6.18 Å². The van der Waals surface area contributed by atoms with Crippen molar-refractivity contribution in [2.45, 2.75) is 25.1 Å². The molecule has 1 aromatic rings. The van der Waals surface area contributed by atoms with Gasteiger partial charge in [0.15, 0.2) is 6.61 Å². The van der Waals surface area contributed by atoms with Gasteiger partial charge in [-0.15, -0.1) is 0 Å². The molecule has 1 aliphatic rings. The zero-order chi connectivity index (χ0) is 15.3. The Morgan fingerprint density at radius 3 is 2.43 bits per heavy atom. The van der Waals surface area contributed by atoms with Gasteiger partial charge in [0.05, 0.1) is 5.56 Å². The van der Waals surface area contributed by atoms with E-state index in [1.54, 1.807) is 0 Å². The summed E-state index contributed by atoms with van der Waals surface area (Å²) in [6, 6.07) is 4.41. The molecule has 2 rings (SSSR count).